The van der Waals surface area contributed by atoms with Gasteiger partial charge < -0.3 is 9.80 Å². The smallest absolute Gasteiger partial charge is 0.246 e. The monoisotopic (exact) mass is 270 g/mol. The number of hydrogen-bond acceptors (Lipinski definition) is 3. The fraction of sp³-hybridized carbons (Fsp3) is 0.846. The van der Waals surface area contributed by atoms with Crippen molar-refractivity contribution in [1.29, 1.82) is 0 Å². The average molecular weight is 270 g/mol. The first-order chi connectivity index (χ1) is 8.57. The molecule has 2 saturated heterocycles. The van der Waals surface area contributed by atoms with Crippen LogP contribution in [0, 0.1) is 0 Å². The second-order valence-electron chi connectivity index (χ2n) is 5.12. The van der Waals surface area contributed by atoms with Gasteiger partial charge in [-0.2, -0.15) is 11.8 Å². The van der Waals surface area contributed by atoms with Crippen molar-refractivity contribution in [1.82, 2.24) is 9.80 Å². The molecule has 3 atom stereocenters. The Balaban J connectivity index is 2.13. The predicted molar refractivity (Wildman–Crippen MR) is 73.5 cm³/mol. The number of amides is 2. The third-order valence-electron chi connectivity index (χ3n) is 3.89. The van der Waals surface area contributed by atoms with Gasteiger partial charge in [0.2, 0.25) is 11.8 Å². The van der Waals surface area contributed by atoms with Gasteiger partial charge in [0, 0.05) is 18.3 Å². The van der Waals surface area contributed by atoms with Gasteiger partial charge in [0.15, 0.2) is 0 Å². The summed E-state index contributed by atoms with van der Waals surface area (Å²) in [5.41, 5.74) is 0. The van der Waals surface area contributed by atoms with Crippen LogP contribution < -0.4 is 0 Å². The lowest BCUT2D eigenvalue weighted by Crippen LogP contribution is -2.64. The molecule has 0 aliphatic carbocycles. The van der Waals surface area contributed by atoms with Gasteiger partial charge in [-0.3, -0.25) is 9.59 Å². The van der Waals surface area contributed by atoms with E-state index in [0.29, 0.717) is 0 Å². The second-order valence-corrected chi connectivity index (χ2v) is 6.44. The second kappa shape index (κ2) is 5.51. The molecule has 0 spiro atoms. The SMILES string of the molecule is CCSCC(C)N1C(=O)C2CCCN2C(=O)C1C. The Kier molecular flexibility index (Phi) is 4.20. The van der Waals surface area contributed by atoms with E-state index in [4.69, 9.17) is 0 Å². The molecule has 0 aromatic rings. The number of nitrogens with zero attached hydrogens (tertiary/aromatic N) is 2. The molecule has 0 aromatic heterocycles. The number of piperazine rings is 1. The van der Waals surface area contributed by atoms with Crippen molar-refractivity contribution in [3.05, 3.63) is 0 Å². The summed E-state index contributed by atoms with van der Waals surface area (Å²) in [5.74, 6) is 2.24. The molecule has 2 aliphatic heterocycles. The van der Waals surface area contributed by atoms with Crippen molar-refractivity contribution >= 4 is 23.6 Å². The molecule has 4 nitrogen and oxygen atoms in total. The summed E-state index contributed by atoms with van der Waals surface area (Å²) in [7, 11) is 0. The van der Waals surface area contributed by atoms with E-state index in [1.54, 1.807) is 4.90 Å². The van der Waals surface area contributed by atoms with E-state index in [2.05, 4.69) is 13.8 Å². The largest absolute Gasteiger partial charge is 0.329 e. The third kappa shape index (κ3) is 2.25. The molecule has 0 N–H and O–H groups in total. The highest BCUT2D eigenvalue weighted by Crippen LogP contribution is 2.28. The molecular weight excluding hydrogens is 248 g/mol. The fourth-order valence-electron chi connectivity index (χ4n) is 2.98. The summed E-state index contributed by atoms with van der Waals surface area (Å²) in [4.78, 5) is 28.4. The summed E-state index contributed by atoms with van der Waals surface area (Å²) < 4.78 is 0. The fourth-order valence-corrected chi connectivity index (χ4v) is 3.71. The topological polar surface area (TPSA) is 40.6 Å². The van der Waals surface area contributed by atoms with Crippen LogP contribution in [-0.2, 0) is 9.59 Å². The van der Waals surface area contributed by atoms with Crippen molar-refractivity contribution in [3.8, 4) is 0 Å². The first-order valence-electron chi connectivity index (χ1n) is 6.78. The summed E-state index contributed by atoms with van der Waals surface area (Å²) in [6.07, 6.45) is 1.79. The van der Waals surface area contributed by atoms with E-state index < -0.39 is 0 Å². The minimum atomic E-state index is -0.292. The van der Waals surface area contributed by atoms with Crippen LogP contribution in [0.4, 0.5) is 0 Å². The Bertz CT molecular complexity index is 348. The lowest BCUT2D eigenvalue weighted by atomic mass is 10.0. The quantitative estimate of drug-likeness (QED) is 0.774. The van der Waals surface area contributed by atoms with Crippen LogP contribution in [0.25, 0.3) is 0 Å². The molecule has 2 fully saturated rings. The van der Waals surface area contributed by atoms with Crippen molar-refractivity contribution in [2.75, 3.05) is 18.1 Å². The highest BCUT2D eigenvalue weighted by molar-refractivity contribution is 7.99. The number of rotatable bonds is 4. The minimum Gasteiger partial charge on any atom is -0.329 e. The first-order valence-corrected chi connectivity index (χ1v) is 7.93. The molecule has 0 radical (unpaired) electrons. The van der Waals surface area contributed by atoms with Gasteiger partial charge in [0.1, 0.15) is 12.1 Å². The molecular formula is C13H22N2O2S. The van der Waals surface area contributed by atoms with E-state index in [-0.39, 0.29) is 29.9 Å². The normalized spacial score (nSPS) is 29.7. The van der Waals surface area contributed by atoms with Crippen LogP contribution in [0.15, 0.2) is 0 Å². The molecule has 2 heterocycles. The number of carbonyl (C=O) groups excluding carboxylic acids is 2. The molecule has 0 aromatic carbocycles. The molecule has 5 heteroatoms. The number of fused-ring (bicyclic) bond motifs is 1. The van der Waals surface area contributed by atoms with Crippen molar-refractivity contribution < 1.29 is 9.59 Å². The number of carbonyl (C=O) groups is 2. The Morgan fingerprint density at radius 2 is 2.11 bits per heavy atom. The molecule has 3 unspecified atom stereocenters. The lowest BCUT2D eigenvalue weighted by molar-refractivity contribution is -0.160. The van der Waals surface area contributed by atoms with E-state index >= 15 is 0 Å². The maximum atomic E-state index is 12.5. The van der Waals surface area contributed by atoms with Crippen molar-refractivity contribution in [2.24, 2.45) is 0 Å². The van der Waals surface area contributed by atoms with Crippen LogP contribution in [0.2, 0.25) is 0 Å². The average Bonchev–Trinajstić information content (AvgIpc) is 2.83. The summed E-state index contributed by atoms with van der Waals surface area (Å²) in [6.45, 7) is 6.78. The molecule has 18 heavy (non-hydrogen) atoms. The first kappa shape index (κ1) is 13.7. The van der Waals surface area contributed by atoms with Gasteiger partial charge in [-0.25, -0.2) is 0 Å². The maximum Gasteiger partial charge on any atom is 0.246 e. The molecule has 2 amide bonds. The zero-order chi connectivity index (χ0) is 13.3. The van der Waals surface area contributed by atoms with Crippen LogP contribution in [0.3, 0.4) is 0 Å². The minimum absolute atomic E-state index is 0.130. The Morgan fingerprint density at radius 3 is 2.78 bits per heavy atom. The third-order valence-corrected chi connectivity index (χ3v) is 5.01. The van der Waals surface area contributed by atoms with E-state index in [0.717, 1.165) is 30.9 Å². The van der Waals surface area contributed by atoms with Gasteiger partial charge >= 0.3 is 0 Å². The van der Waals surface area contributed by atoms with Crippen molar-refractivity contribution in [2.45, 2.75) is 51.7 Å². The lowest BCUT2D eigenvalue weighted by Gasteiger charge is -2.43. The van der Waals surface area contributed by atoms with Crippen molar-refractivity contribution in [3.63, 3.8) is 0 Å². The molecule has 0 saturated carbocycles. The van der Waals surface area contributed by atoms with Crippen LogP contribution in [-0.4, -0.2) is 57.8 Å². The van der Waals surface area contributed by atoms with E-state index in [9.17, 15) is 9.59 Å². The molecule has 2 aliphatic rings. The van der Waals surface area contributed by atoms with Gasteiger partial charge in [-0.1, -0.05) is 6.92 Å². The van der Waals surface area contributed by atoms with Crippen LogP contribution >= 0.6 is 11.8 Å². The van der Waals surface area contributed by atoms with E-state index in [1.807, 2.05) is 23.6 Å². The van der Waals surface area contributed by atoms with Gasteiger partial charge in [0.05, 0.1) is 0 Å². The highest BCUT2D eigenvalue weighted by Gasteiger charge is 2.47. The predicted octanol–water partition coefficient (Wildman–Crippen LogP) is 1.35. The summed E-state index contributed by atoms with van der Waals surface area (Å²) in [6, 6.07) is -0.328. The number of hydrogen-bond donors (Lipinski definition) is 0. The van der Waals surface area contributed by atoms with Crippen LogP contribution in [0.1, 0.15) is 33.6 Å². The maximum absolute atomic E-state index is 12.5. The zero-order valence-electron chi connectivity index (χ0n) is 11.4. The number of thioether (sulfide) groups is 1. The Morgan fingerprint density at radius 1 is 1.39 bits per heavy atom. The Labute approximate surface area is 113 Å². The van der Waals surface area contributed by atoms with Gasteiger partial charge in [-0.05, 0) is 32.4 Å². The molecule has 2 rings (SSSR count). The summed E-state index contributed by atoms with van der Waals surface area (Å²) >= 11 is 1.82. The highest BCUT2D eigenvalue weighted by atomic mass is 32.2. The van der Waals surface area contributed by atoms with Gasteiger partial charge in [0.25, 0.3) is 0 Å². The Hall–Kier alpha value is -0.710. The van der Waals surface area contributed by atoms with Gasteiger partial charge in [-0.15, -0.1) is 0 Å². The molecule has 0 bridgehead atoms. The van der Waals surface area contributed by atoms with E-state index in [1.165, 1.54) is 0 Å². The van der Waals surface area contributed by atoms with Crippen LogP contribution in [0.5, 0.6) is 0 Å². The summed E-state index contributed by atoms with van der Waals surface area (Å²) in [5, 5.41) is 0. The molecule has 102 valence electrons. The zero-order valence-corrected chi connectivity index (χ0v) is 12.2. The standard InChI is InChI=1S/C13H22N2O2S/c1-4-18-8-9(2)15-10(3)12(16)14-7-5-6-11(14)13(15)17/h9-11H,4-8H2,1-3H3.